The van der Waals surface area contributed by atoms with Crippen molar-refractivity contribution in [1.82, 2.24) is 15.1 Å². The van der Waals surface area contributed by atoms with Crippen LogP contribution < -0.4 is 15.5 Å². The van der Waals surface area contributed by atoms with Gasteiger partial charge in [0.05, 0.1) is 18.3 Å². The van der Waals surface area contributed by atoms with E-state index in [-0.39, 0.29) is 18.7 Å². The number of carbonyl (C=O) groups is 3. The van der Waals surface area contributed by atoms with Gasteiger partial charge in [-0.2, -0.15) is 0 Å². The van der Waals surface area contributed by atoms with E-state index in [1.807, 2.05) is 4.90 Å². The molecule has 3 saturated heterocycles. The number of nitrogens with zero attached hydrogens (tertiary/aromatic N) is 3. The molecule has 2 N–H and O–H groups in total. The van der Waals surface area contributed by atoms with Crippen molar-refractivity contribution in [3.63, 3.8) is 0 Å². The standard InChI is InChI=1S/C21H26F3N5O3/c22-15-11-14(25-16-2-4-19(31)26-20(16)32)1-3-17(15)28-7-9-29(10-8-28)18-5-6-27(13-30)12-21(18,23)24/h1,3,11,13,16,18,25H,2,4-10,12H2,(H,26,31,32). The second kappa shape index (κ2) is 8.97. The van der Waals surface area contributed by atoms with Crippen molar-refractivity contribution >= 4 is 29.6 Å². The monoisotopic (exact) mass is 453 g/mol. The van der Waals surface area contributed by atoms with E-state index in [9.17, 15) is 27.6 Å². The number of likely N-dealkylation sites (tertiary alicyclic amines) is 1. The van der Waals surface area contributed by atoms with E-state index in [1.54, 1.807) is 17.0 Å². The van der Waals surface area contributed by atoms with E-state index in [0.29, 0.717) is 56.9 Å². The Morgan fingerprint density at radius 1 is 1.09 bits per heavy atom. The molecule has 2 unspecified atom stereocenters. The van der Waals surface area contributed by atoms with Gasteiger partial charge >= 0.3 is 0 Å². The van der Waals surface area contributed by atoms with Crippen molar-refractivity contribution in [2.75, 3.05) is 49.5 Å². The van der Waals surface area contributed by atoms with Crippen molar-refractivity contribution in [2.45, 2.75) is 37.3 Å². The third kappa shape index (κ3) is 4.67. The highest BCUT2D eigenvalue weighted by Crippen LogP contribution is 2.32. The van der Waals surface area contributed by atoms with Gasteiger partial charge in [0, 0.05) is 44.8 Å². The first-order valence-corrected chi connectivity index (χ1v) is 10.7. The summed E-state index contributed by atoms with van der Waals surface area (Å²) < 4.78 is 43.8. The van der Waals surface area contributed by atoms with Gasteiger partial charge in [0.25, 0.3) is 5.92 Å². The molecule has 3 aliphatic rings. The molecule has 11 heteroatoms. The molecule has 3 aliphatic heterocycles. The first kappa shape index (κ1) is 22.4. The third-order valence-electron chi connectivity index (χ3n) is 6.36. The summed E-state index contributed by atoms with van der Waals surface area (Å²) in [6.07, 6.45) is 1.23. The lowest BCUT2D eigenvalue weighted by Crippen LogP contribution is -2.61. The van der Waals surface area contributed by atoms with Crippen LogP contribution in [-0.2, 0) is 14.4 Å². The van der Waals surface area contributed by atoms with Gasteiger partial charge < -0.3 is 15.1 Å². The van der Waals surface area contributed by atoms with Crippen molar-refractivity contribution < 1.29 is 27.6 Å². The normalized spacial score (nSPS) is 26.6. The predicted molar refractivity (Wildman–Crippen MR) is 111 cm³/mol. The number of rotatable bonds is 5. The molecule has 32 heavy (non-hydrogen) atoms. The zero-order valence-electron chi connectivity index (χ0n) is 17.5. The number of hydrogen-bond acceptors (Lipinski definition) is 6. The Morgan fingerprint density at radius 2 is 1.84 bits per heavy atom. The van der Waals surface area contributed by atoms with Gasteiger partial charge in [-0.3, -0.25) is 24.6 Å². The van der Waals surface area contributed by atoms with E-state index in [0.717, 1.165) is 4.90 Å². The number of hydrogen-bond donors (Lipinski definition) is 2. The number of piperazine rings is 1. The minimum absolute atomic E-state index is 0.209. The van der Waals surface area contributed by atoms with Gasteiger partial charge in [-0.15, -0.1) is 0 Å². The lowest BCUT2D eigenvalue weighted by Gasteiger charge is -2.46. The smallest absolute Gasteiger partial charge is 0.280 e. The van der Waals surface area contributed by atoms with Crippen LogP contribution in [-0.4, -0.2) is 85.3 Å². The average molecular weight is 453 g/mol. The quantitative estimate of drug-likeness (QED) is 0.512. The number of carbonyl (C=O) groups excluding carboxylic acids is 3. The molecule has 3 heterocycles. The van der Waals surface area contributed by atoms with E-state index in [4.69, 9.17) is 0 Å². The Kier molecular flexibility index (Phi) is 6.27. The first-order chi connectivity index (χ1) is 15.3. The molecule has 0 spiro atoms. The second-order valence-electron chi connectivity index (χ2n) is 8.48. The van der Waals surface area contributed by atoms with E-state index < -0.39 is 36.3 Å². The number of piperidine rings is 2. The molecule has 3 amide bonds. The van der Waals surface area contributed by atoms with Gasteiger partial charge in [-0.1, -0.05) is 0 Å². The molecule has 8 nitrogen and oxygen atoms in total. The Bertz CT molecular complexity index is 891. The maximum Gasteiger partial charge on any atom is 0.280 e. The minimum Gasteiger partial charge on any atom is -0.374 e. The molecule has 0 saturated carbocycles. The first-order valence-electron chi connectivity index (χ1n) is 10.7. The Morgan fingerprint density at radius 3 is 2.47 bits per heavy atom. The third-order valence-corrected chi connectivity index (χ3v) is 6.36. The van der Waals surface area contributed by atoms with Crippen LogP contribution >= 0.6 is 0 Å². The van der Waals surface area contributed by atoms with Crippen molar-refractivity contribution in [3.05, 3.63) is 24.0 Å². The SMILES string of the molecule is O=CN1CCC(N2CCN(c3ccc(NC4CCC(=O)NC4=O)cc3F)CC2)C(F)(F)C1. The van der Waals surface area contributed by atoms with Crippen LogP contribution in [0.15, 0.2) is 18.2 Å². The average Bonchev–Trinajstić information content (AvgIpc) is 2.75. The largest absolute Gasteiger partial charge is 0.374 e. The second-order valence-corrected chi connectivity index (χ2v) is 8.48. The van der Waals surface area contributed by atoms with E-state index in [2.05, 4.69) is 10.6 Å². The summed E-state index contributed by atoms with van der Waals surface area (Å²) in [7, 11) is 0. The zero-order chi connectivity index (χ0) is 22.9. The number of benzene rings is 1. The Labute approximate surface area is 183 Å². The molecule has 1 aromatic carbocycles. The van der Waals surface area contributed by atoms with Crippen LogP contribution in [0, 0.1) is 5.82 Å². The summed E-state index contributed by atoms with van der Waals surface area (Å²) in [5.74, 6) is -4.20. The van der Waals surface area contributed by atoms with Crippen LogP contribution in [0.5, 0.6) is 0 Å². The maximum atomic E-state index is 14.8. The van der Waals surface area contributed by atoms with E-state index in [1.165, 1.54) is 6.07 Å². The van der Waals surface area contributed by atoms with Gasteiger partial charge in [0.1, 0.15) is 11.9 Å². The van der Waals surface area contributed by atoms with Gasteiger partial charge in [-0.05, 0) is 31.0 Å². The molecular weight excluding hydrogens is 427 g/mol. The number of halogens is 3. The number of alkyl halides is 2. The molecule has 1 aromatic rings. The topological polar surface area (TPSA) is 85.0 Å². The molecule has 0 aliphatic carbocycles. The number of imide groups is 1. The van der Waals surface area contributed by atoms with Crippen molar-refractivity contribution in [1.29, 1.82) is 0 Å². The molecule has 0 bridgehead atoms. The summed E-state index contributed by atoms with van der Waals surface area (Å²) in [6, 6.07) is 3.04. The van der Waals surface area contributed by atoms with E-state index >= 15 is 0 Å². The maximum absolute atomic E-state index is 14.8. The predicted octanol–water partition coefficient (Wildman–Crippen LogP) is 1.03. The highest BCUT2D eigenvalue weighted by molar-refractivity contribution is 6.01. The molecular formula is C21H26F3N5O3. The van der Waals surface area contributed by atoms with Crippen molar-refractivity contribution in [3.8, 4) is 0 Å². The Balaban J connectivity index is 1.35. The summed E-state index contributed by atoms with van der Waals surface area (Å²) in [5, 5.41) is 5.20. The summed E-state index contributed by atoms with van der Waals surface area (Å²) in [6.45, 7) is 1.29. The summed E-state index contributed by atoms with van der Waals surface area (Å²) >= 11 is 0. The van der Waals surface area contributed by atoms with Crippen LogP contribution in [0.25, 0.3) is 0 Å². The number of anilines is 2. The number of nitrogens with one attached hydrogen (secondary N) is 2. The van der Waals surface area contributed by atoms with Crippen molar-refractivity contribution in [2.24, 2.45) is 0 Å². The van der Waals surface area contributed by atoms with Crippen LogP contribution in [0.3, 0.4) is 0 Å². The van der Waals surface area contributed by atoms with Crippen LogP contribution in [0.2, 0.25) is 0 Å². The fraction of sp³-hybridized carbons (Fsp3) is 0.571. The Hall–Kier alpha value is -2.82. The lowest BCUT2D eigenvalue weighted by atomic mass is 9.98. The molecule has 0 radical (unpaired) electrons. The van der Waals surface area contributed by atoms with Crippen LogP contribution in [0.1, 0.15) is 19.3 Å². The fourth-order valence-electron chi connectivity index (χ4n) is 4.65. The highest BCUT2D eigenvalue weighted by atomic mass is 19.3. The minimum atomic E-state index is -2.98. The molecule has 4 rings (SSSR count). The molecule has 2 atom stereocenters. The van der Waals surface area contributed by atoms with Gasteiger partial charge in [0.15, 0.2) is 0 Å². The molecule has 0 aromatic heterocycles. The number of amides is 3. The van der Waals surface area contributed by atoms with Gasteiger partial charge in [-0.25, -0.2) is 13.2 Å². The molecule has 174 valence electrons. The summed E-state index contributed by atoms with van der Waals surface area (Å²) in [5.41, 5.74) is 0.807. The van der Waals surface area contributed by atoms with Gasteiger partial charge in [0.2, 0.25) is 18.2 Å². The molecule has 3 fully saturated rings. The zero-order valence-corrected chi connectivity index (χ0v) is 17.5. The summed E-state index contributed by atoms with van der Waals surface area (Å²) in [4.78, 5) is 38.6. The fourth-order valence-corrected chi connectivity index (χ4v) is 4.65. The highest BCUT2D eigenvalue weighted by Gasteiger charge is 2.47. The van der Waals surface area contributed by atoms with Crippen LogP contribution in [0.4, 0.5) is 24.5 Å². The lowest BCUT2D eigenvalue weighted by molar-refractivity contribution is -0.144.